The monoisotopic (exact) mass is 266 g/mol. The quantitative estimate of drug-likeness (QED) is 0.834. The van der Waals surface area contributed by atoms with Gasteiger partial charge in [0.2, 0.25) is 0 Å². The predicted octanol–water partition coefficient (Wildman–Crippen LogP) is -0.170. The Kier molecular flexibility index (Phi) is 3.73. The fourth-order valence-corrected chi connectivity index (χ4v) is 2.16. The average Bonchev–Trinajstić information content (AvgIpc) is 2.86. The molecule has 2 aromatic rings. The van der Waals surface area contributed by atoms with E-state index in [9.17, 15) is 9.59 Å². The number of nitrogens with zero attached hydrogens (tertiary/aromatic N) is 3. The van der Waals surface area contributed by atoms with Gasteiger partial charge in [0.15, 0.2) is 0 Å². The third-order valence-corrected chi connectivity index (χ3v) is 3.49. The van der Waals surface area contributed by atoms with Gasteiger partial charge in [0.1, 0.15) is 0 Å². The molecule has 0 aliphatic heterocycles. The van der Waals surface area contributed by atoms with Crippen molar-refractivity contribution < 1.29 is 0 Å². The van der Waals surface area contributed by atoms with Crippen LogP contribution in [0.15, 0.2) is 27.4 Å². The fourth-order valence-electron chi connectivity index (χ4n) is 1.59. The van der Waals surface area contributed by atoms with Crippen molar-refractivity contribution in [3.05, 3.63) is 49.2 Å². The lowest BCUT2D eigenvalue weighted by Gasteiger charge is -2.09. The summed E-state index contributed by atoms with van der Waals surface area (Å²) in [5, 5.41) is 3.18. The van der Waals surface area contributed by atoms with E-state index in [1.807, 2.05) is 0 Å². The van der Waals surface area contributed by atoms with Crippen molar-refractivity contribution in [2.75, 3.05) is 0 Å². The van der Waals surface area contributed by atoms with E-state index in [1.54, 1.807) is 30.1 Å². The summed E-state index contributed by atoms with van der Waals surface area (Å²) in [6.45, 7) is 1.15. The van der Waals surface area contributed by atoms with E-state index in [0.29, 0.717) is 18.8 Å². The van der Waals surface area contributed by atoms with Gasteiger partial charge in [-0.25, -0.2) is 4.79 Å². The highest BCUT2D eigenvalue weighted by atomic mass is 32.1. The van der Waals surface area contributed by atoms with Crippen LogP contribution in [-0.2, 0) is 27.2 Å². The molecule has 2 rings (SSSR count). The molecule has 0 aliphatic carbocycles. The first-order valence-electron chi connectivity index (χ1n) is 5.43. The number of rotatable bonds is 4. The lowest BCUT2D eigenvalue weighted by Crippen LogP contribution is -2.38. The van der Waals surface area contributed by atoms with Crippen LogP contribution in [0.5, 0.6) is 0 Å². The average molecular weight is 266 g/mol. The molecule has 18 heavy (non-hydrogen) atoms. The Bertz CT molecular complexity index is 642. The number of thiazole rings is 1. The summed E-state index contributed by atoms with van der Waals surface area (Å²) in [5.41, 5.74) is 1.85. The zero-order chi connectivity index (χ0) is 13.1. The molecule has 0 saturated heterocycles. The van der Waals surface area contributed by atoms with Gasteiger partial charge in [0.25, 0.3) is 5.56 Å². The molecule has 2 aromatic heterocycles. The van der Waals surface area contributed by atoms with Crippen molar-refractivity contribution in [2.45, 2.75) is 13.1 Å². The number of aromatic nitrogens is 3. The van der Waals surface area contributed by atoms with E-state index in [4.69, 9.17) is 0 Å². The van der Waals surface area contributed by atoms with Crippen molar-refractivity contribution in [3.63, 3.8) is 0 Å². The first-order chi connectivity index (χ1) is 8.59. The first kappa shape index (κ1) is 12.7. The second-order valence-electron chi connectivity index (χ2n) is 3.95. The largest absolute Gasteiger partial charge is 0.330 e. The highest BCUT2D eigenvalue weighted by molar-refractivity contribution is 7.09. The SMILES string of the molecule is Cn1c(CNCc2cncs2)cc(=O)n(C)c1=O. The van der Waals surface area contributed by atoms with E-state index in [2.05, 4.69) is 10.3 Å². The lowest BCUT2D eigenvalue weighted by molar-refractivity contribution is 0.602. The van der Waals surface area contributed by atoms with Crippen molar-refractivity contribution >= 4 is 11.3 Å². The lowest BCUT2D eigenvalue weighted by atomic mass is 10.3. The second-order valence-corrected chi connectivity index (χ2v) is 4.92. The summed E-state index contributed by atoms with van der Waals surface area (Å²) in [7, 11) is 3.13. The minimum atomic E-state index is -0.308. The van der Waals surface area contributed by atoms with Crippen LogP contribution in [0.2, 0.25) is 0 Å². The molecule has 0 fully saturated rings. The molecule has 1 N–H and O–H groups in total. The summed E-state index contributed by atoms with van der Waals surface area (Å²) in [6.07, 6.45) is 1.79. The van der Waals surface area contributed by atoms with Crippen molar-refractivity contribution in [3.8, 4) is 0 Å². The molecular weight excluding hydrogens is 252 g/mol. The van der Waals surface area contributed by atoms with E-state index in [-0.39, 0.29) is 11.2 Å². The molecule has 6 nitrogen and oxygen atoms in total. The smallest absolute Gasteiger partial charge is 0.306 e. The molecule has 0 amide bonds. The topological polar surface area (TPSA) is 68.9 Å². The fraction of sp³-hybridized carbons (Fsp3) is 0.364. The third-order valence-electron chi connectivity index (χ3n) is 2.71. The second kappa shape index (κ2) is 5.28. The summed E-state index contributed by atoms with van der Waals surface area (Å²) in [5.74, 6) is 0. The van der Waals surface area contributed by atoms with Crippen LogP contribution in [0.3, 0.4) is 0 Å². The minimum absolute atomic E-state index is 0.285. The Morgan fingerprint density at radius 2 is 2.06 bits per heavy atom. The predicted molar refractivity (Wildman–Crippen MR) is 69.6 cm³/mol. The minimum Gasteiger partial charge on any atom is -0.306 e. The Balaban J connectivity index is 2.10. The van der Waals surface area contributed by atoms with Crippen LogP contribution >= 0.6 is 11.3 Å². The van der Waals surface area contributed by atoms with Gasteiger partial charge in [-0.2, -0.15) is 0 Å². The summed E-state index contributed by atoms with van der Waals surface area (Å²) in [4.78, 5) is 28.3. The molecule has 0 atom stereocenters. The molecular formula is C11H14N4O2S. The molecule has 7 heteroatoms. The summed E-state index contributed by atoms with van der Waals surface area (Å²) in [6, 6.07) is 1.47. The van der Waals surface area contributed by atoms with Crippen LogP contribution in [0.4, 0.5) is 0 Å². The maximum atomic E-state index is 11.7. The number of hydrogen-bond acceptors (Lipinski definition) is 5. The summed E-state index contributed by atoms with van der Waals surface area (Å²) >= 11 is 1.56. The highest BCUT2D eigenvalue weighted by Crippen LogP contribution is 2.04. The van der Waals surface area contributed by atoms with Gasteiger partial charge in [-0.3, -0.25) is 18.9 Å². The van der Waals surface area contributed by atoms with Gasteiger partial charge in [0, 0.05) is 50.0 Å². The Hall–Kier alpha value is -1.73. The van der Waals surface area contributed by atoms with E-state index in [1.165, 1.54) is 17.7 Å². The number of hydrogen-bond donors (Lipinski definition) is 1. The number of nitrogens with one attached hydrogen (secondary N) is 1. The molecule has 0 unspecified atom stereocenters. The zero-order valence-corrected chi connectivity index (χ0v) is 11.0. The van der Waals surface area contributed by atoms with Gasteiger partial charge in [-0.1, -0.05) is 0 Å². The van der Waals surface area contributed by atoms with Crippen LogP contribution in [0.25, 0.3) is 0 Å². The van der Waals surface area contributed by atoms with Gasteiger partial charge >= 0.3 is 5.69 Å². The van der Waals surface area contributed by atoms with Crippen LogP contribution < -0.4 is 16.6 Å². The Labute approximate surface area is 108 Å². The zero-order valence-electron chi connectivity index (χ0n) is 10.2. The molecule has 0 radical (unpaired) electrons. The van der Waals surface area contributed by atoms with Gasteiger partial charge in [0.05, 0.1) is 5.51 Å². The van der Waals surface area contributed by atoms with Crippen molar-refractivity contribution in [1.29, 1.82) is 0 Å². The van der Waals surface area contributed by atoms with Crippen molar-refractivity contribution in [2.24, 2.45) is 14.1 Å². The maximum Gasteiger partial charge on any atom is 0.330 e. The van der Waals surface area contributed by atoms with Crippen LogP contribution in [-0.4, -0.2) is 14.1 Å². The van der Waals surface area contributed by atoms with E-state index >= 15 is 0 Å². The van der Waals surface area contributed by atoms with Gasteiger partial charge in [-0.15, -0.1) is 11.3 Å². The van der Waals surface area contributed by atoms with Gasteiger partial charge < -0.3 is 5.32 Å². The van der Waals surface area contributed by atoms with E-state index < -0.39 is 0 Å². The Morgan fingerprint density at radius 1 is 1.28 bits per heavy atom. The molecule has 0 spiro atoms. The summed E-state index contributed by atoms with van der Waals surface area (Å²) < 4.78 is 2.56. The van der Waals surface area contributed by atoms with E-state index in [0.717, 1.165) is 9.44 Å². The molecule has 0 bridgehead atoms. The molecule has 0 saturated carbocycles. The maximum absolute atomic E-state index is 11.7. The molecule has 96 valence electrons. The normalized spacial score (nSPS) is 10.8. The molecule has 0 aliphatic rings. The van der Waals surface area contributed by atoms with Crippen LogP contribution in [0.1, 0.15) is 10.6 Å². The standard InChI is InChI=1S/C11H14N4O2S/c1-14-8(3-10(16)15(2)11(14)17)4-12-5-9-6-13-7-18-9/h3,6-7,12H,4-5H2,1-2H3. The highest BCUT2D eigenvalue weighted by Gasteiger charge is 2.05. The van der Waals surface area contributed by atoms with Gasteiger partial charge in [-0.05, 0) is 0 Å². The third kappa shape index (κ3) is 2.57. The van der Waals surface area contributed by atoms with Crippen LogP contribution in [0, 0.1) is 0 Å². The Morgan fingerprint density at radius 3 is 2.72 bits per heavy atom. The first-order valence-corrected chi connectivity index (χ1v) is 6.31. The molecule has 2 heterocycles. The molecule has 0 aromatic carbocycles. The van der Waals surface area contributed by atoms with Crippen molar-refractivity contribution in [1.82, 2.24) is 19.4 Å².